The van der Waals surface area contributed by atoms with Crippen molar-refractivity contribution in [2.24, 2.45) is 0 Å². The van der Waals surface area contributed by atoms with E-state index in [4.69, 9.17) is 11.6 Å². The van der Waals surface area contributed by atoms with Crippen molar-refractivity contribution in [1.82, 2.24) is 10.2 Å². The van der Waals surface area contributed by atoms with Gasteiger partial charge in [-0.1, -0.05) is 24.4 Å². The Morgan fingerprint density at radius 3 is 2.38 bits per heavy atom. The third-order valence-electron chi connectivity index (χ3n) is 5.24. The maximum absolute atomic E-state index is 12.9. The maximum Gasteiger partial charge on any atom is 0.417 e. The maximum atomic E-state index is 12.9. The smallest absolute Gasteiger partial charge is 0.335 e. The Bertz CT molecular complexity index is 639. The second-order valence-corrected chi connectivity index (χ2v) is 7.45. The Labute approximate surface area is 156 Å². The topological polar surface area (TPSA) is 44.4 Å². The monoisotopic (exact) mass is 389 g/mol. The number of anilines is 1. The lowest BCUT2D eigenvalue weighted by Gasteiger charge is -2.36. The predicted octanol–water partition coefficient (Wildman–Crippen LogP) is 4.89. The number of piperidine rings is 1. The fourth-order valence-electron chi connectivity index (χ4n) is 3.85. The summed E-state index contributed by atoms with van der Waals surface area (Å²) in [6, 6.07) is 3.59. The van der Waals surface area contributed by atoms with Crippen LogP contribution in [-0.2, 0) is 6.18 Å². The van der Waals surface area contributed by atoms with Crippen molar-refractivity contribution in [3.05, 3.63) is 28.8 Å². The van der Waals surface area contributed by atoms with Crippen LogP contribution in [0.4, 0.5) is 23.7 Å². The third-order valence-corrected chi connectivity index (χ3v) is 5.57. The molecule has 2 fully saturated rings. The Hall–Kier alpha value is -1.47. The van der Waals surface area contributed by atoms with E-state index in [2.05, 4.69) is 15.5 Å². The summed E-state index contributed by atoms with van der Waals surface area (Å²) in [5.74, 6) is 0. The standard InChI is InChI=1S/C18H23ClF3N3O/c19-16-6-5-13(11-15(16)18(20,21)22)24-17(26)23-12-7-9-25(10-8-12)14-3-1-2-4-14/h5-6,11-12,14H,1-4,7-10H2,(H2,23,24,26). The highest BCUT2D eigenvalue weighted by Gasteiger charge is 2.33. The van der Waals surface area contributed by atoms with Gasteiger partial charge in [0, 0.05) is 30.9 Å². The number of nitrogens with one attached hydrogen (secondary N) is 2. The molecule has 1 saturated carbocycles. The van der Waals surface area contributed by atoms with E-state index in [0.717, 1.165) is 38.1 Å². The van der Waals surface area contributed by atoms with E-state index in [1.165, 1.54) is 31.7 Å². The number of urea groups is 1. The Kier molecular flexibility index (Phi) is 5.97. The molecular formula is C18H23ClF3N3O. The Morgan fingerprint density at radius 1 is 1.12 bits per heavy atom. The molecule has 0 unspecified atom stereocenters. The number of halogens is 4. The quantitative estimate of drug-likeness (QED) is 0.773. The van der Waals surface area contributed by atoms with Crippen molar-refractivity contribution in [1.29, 1.82) is 0 Å². The fraction of sp³-hybridized carbons (Fsp3) is 0.611. The number of hydrogen-bond donors (Lipinski definition) is 2. The predicted molar refractivity (Wildman–Crippen MR) is 95.5 cm³/mol. The molecule has 2 aliphatic rings. The van der Waals surface area contributed by atoms with E-state index < -0.39 is 17.8 Å². The van der Waals surface area contributed by atoms with Crippen molar-refractivity contribution in [2.45, 2.75) is 56.8 Å². The lowest BCUT2D eigenvalue weighted by Crippen LogP contribution is -2.48. The molecule has 1 aliphatic carbocycles. The molecular weight excluding hydrogens is 367 g/mol. The summed E-state index contributed by atoms with van der Waals surface area (Å²) >= 11 is 5.59. The number of nitrogens with zero attached hydrogens (tertiary/aromatic N) is 1. The third kappa shape index (κ3) is 4.82. The number of carbonyl (C=O) groups is 1. The van der Waals surface area contributed by atoms with Gasteiger partial charge < -0.3 is 15.5 Å². The number of amides is 2. The highest BCUT2D eigenvalue weighted by Crippen LogP contribution is 2.36. The SMILES string of the molecule is O=C(Nc1ccc(Cl)c(C(F)(F)F)c1)NC1CCN(C2CCCC2)CC1. The molecule has 1 heterocycles. The molecule has 4 nitrogen and oxygen atoms in total. The molecule has 0 radical (unpaired) electrons. The number of likely N-dealkylation sites (tertiary alicyclic amines) is 1. The number of alkyl halides is 3. The van der Waals surface area contributed by atoms with E-state index in [1.807, 2.05) is 0 Å². The lowest BCUT2D eigenvalue weighted by atomic mass is 10.0. The summed E-state index contributed by atoms with van der Waals surface area (Å²) in [6.07, 6.45) is 2.28. The molecule has 0 aromatic heterocycles. The van der Waals surface area contributed by atoms with Crippen molar-refractivity contribution >= 4 is 23.3 Å². The van der Waals surface area contributed by atoms with Crippen LogP contribution >= 0.6 is 11.6 Å². The molecule has 1 saturated heterocycles. The first-order valence-corrected chi connectivity index (χ1v) is 9.39. The van der Waals surface area contributed by atoms with Crippen molar-refractivity contribution in [3.63, 3.8) is 0 Å². The molecule has 8 heteroatoms. The van der Waals surface area contributed by atoms with Gasteiger partial charge in [0.25, 0.3) is 0 Å². The minimum atomic E-state index is -4.56. The fourth-order valence-corrected chi connectivity index (χ4v) is 4.08. The summed E-state index contributed by atoms with van der Waals surface area (Å²) in [6.45, 7) is 1.91. The lowest BCUT2D eigenvalue weighted by molar-refractivity contribution is -0.137. The number of rotatable bonds is 3. The van der Waals surface area contributed by atoms with Gasteiger partial charge in [-0.25, -0.2) is 4.79 Å². The molecule has 3 rings (SSSR count). The van der Waals surface area contributed by atoms with Crippen molar-refractivity contribution in [3.8, 4) is 0 Å². The second kappa shape index (κ2) is 8.05. The molecule has 144 valence electrons. The molecule has 1 aromatic carbocycles. The van der Waals surface area contributed by atoms with E-state index in [1.54, 1.807) is 0 Å². The van der Waals surface area contributed by atoms with Gasteiger partial charge in [0.05, 0.1) is 10.6 Å². The number of hydrogen-bond acceptors (Lipinski definition) is 2. The van der Waals surface area contributed by atoms with Crippen molar-refractivity contribution in [2.75, 3.05) is 18.4 Å². The van der Waals surface area contributed by atoms with Gasteiger partial charge in [0.1, 0.15) is 0 Å². The normalized spacial score (nSPS) is 20.3. The van der Waals surface area contributed by atoms with E-state index in [9.17, 15) is 18.0 Å². The molecule has 0 atom stereocenters. The van der Waals surface area contributed by atoms with Crippen LogP contribution in [0.15, 0.2) is 18.2 Å². The van der Waals surface area contributed by atoms with Crippen LogP contribution in [0.1, 0.15) is 44.1 Å². The average molecular weight is 390 g/mol. The van der Waals surface area contributed by atoms with Gasteiger partial charge in [-0.3, -0.25) is 0 Å². The van der Waals surface area contributed by atoms with Crippen LogP contribution in [0.2, 0.25) is 5.02 Å². The van der Waals surface area contributed by atoms with Gasteiger partial charge >= 0.3 is 12.2 Å². The van der Waals surface area contributed by atoms with Crippen LogP contribution in [0.5, 0.6) is 0 Å². The Morgan fingerprint density at radius 2 is 1.77 bits per heavy atom. The second-order valence-electron chi connectivity index (χ2n) is 7.04. The number of carbonyl (C=O) groups excluding carboxylic acids is 1. The first-order chi connectivity index (χ1) is 12.3. The summed E-state index contributed by atoms with van der Waals surface area (Å²) in [4.78, 5) is 14.6. The zero-order chi connectivity index (χ0) is 18.7. The van der Waals surface area contributed by atoms with Crippen molar-refractivity contribution < 1.29 is 18.0 Å². The first-order valence-electron chi connectivity index (χ1n) is 9.01. The van der Waals surface area contributed by atoms with E-state index in [0.29, 0.717) is 6.04 Å². The zero-order valence-electron chi connectivity index (χ0n) is 14.4. The first kappa shape index (κ1) is 19.3. The molecule has 0 bridgehead atoms. The van der Waals surface area contributed by atoms with Gasteiger partial charge in [0.15, 0.2) is 0 Å². The summed E-state index contributed by atoms with van der Waals surface area (Å²) in [5, 5.41) is 4.95. The molecule has 1 aliphatic heterocycles. The van der Waals surface area contributed by atoms with Crippen LogP contribution in [0, 0.1) is 0 Å². The summed E-state index contributed by atoms with van der Waals surface area (Å²) in [5.41, 5.74) is -0.885. The largest absolute Gasteiger partial charge is 0.417 e. The Balaban J connectivity index is 1.50. The van der Waals surface area contributed by atoms with Gasteiger partial charge in [-0.05, 0) is 43.9 Å². The van der Waals surface area contributed by atoms with E-state index in [-0.39, 0.29) is 16.8 Å². The summed E-state index contributed by atoms with van der Waals surface area (Å²) < 4.78 is 38.7. The number of benzene rings is 1. The van der Waals surface area contributed by atoms with Gasteiger partial charge in [-0.15, -0.1) is 0 Å². The summed E-state index contributed by atoms with van der Waals surface area (Å²) in [7, 11) is 0. The van der Waals surface area contributed by atoms with Crippen LogP contribution < -0.4 is 10.6 Å². The molecule has 0 spiro atoms. The zero-order valence-corrected chi connectivity index (χ0v) is 15.2. The molecule has 2 N–H and O–H groups in total. The highest BCUT2D eigenvalue weighted by molar-refractivity contribution is 6.31. The van der Waals surface area contributed by atoms with Crippen LogP contribution in [0.25, 0.3) is 0 Å². The molecule has 26 heavy (non-hydrogen) atoms. The minimum Gasteiger partial charge on any atom is -0.335 e. The van der Waals surface area contributed by atoms with Crippen LogP contribution in [0.3, 0.4) is 0 Å². The van der Waals surface area contributed by atoms with Crippen LogP contribution in [-0.4, -0.2) is 36.1 Å². The molecule has 2 amide bonds. The minimum absolute atomic E-state index is 0.0436. The van der Waals surface area contributed by atoms with E-state index >= 15 is 0 Å². The van der Waals surface area contributed by atoms with Gasteiger partial charge in [0.2, 0.25) is 0 Å². The average Bonchev–Trinajstić information content (AvgIpc) is 3.11. The molecule has 1 aromatic rings. The van der Waals surface area contributed by atoms with Gasteiger partial charge in [-0.2, -0.15) is 13.2 Å². The highest BCUT2D eigenvalue weighted by atomic mass is 35.5.